The number of rotatable bonds is 4. The molecule has 0 aliphatic heterocycles. The summed E-state index contributed by atoms with van der Waals surface area (Å²) in [6.07, 6.45) is 3.98. The molecule has 0 amide bonds. The fourth-order valence-electron chi connectivity index (χ4n) is 2.28. The van der Waals surface area contributed by atoms with E-state index in [9.17, 15) is 5.11 Å². The number of nitrogens with zero attached hydrogens (tertiary/aromatic N) is 1. The maximum atomic E-state index is 9.95. The van der Waals surface area contributed by atoms with Crippen LogP contribution in [0.5, 0.6) is 0 Å². The summed E-state index contributed by atoms with van der Waals surface area (Å²) in [5, 5.41) is 11.1. The van der Waals surface area contributed by atoms with Gasteiger partial charge in [-0.1, -0.05) is 37.1 Å². The van der Waals surface area contributed by atoms with Gasteiger partial charge in [-0.05, 0) is 24.5 Å². The van der Waals surface area contributed by atoms with Gasteiger partial charge in [-0.25, -0.2) is 0 Å². The summed E-state index contributed by atoms with van der Waals surface area (Å²) in [7, 11) is 0. The van der Waals surface area contributed by atoms with Crippen molar-refractivity contribution in [2.24, 2.45) is 5.92 Å². The lowest BCUT2D eigenvalue weighted by Crippen LogP contribution is -2.12. The molecule has 1 aliphatic carbocycles. The molecule has 1 aromatic carbocycles. The number of aliphatic hydroxyl groups is 1. The minimum Gasteiger partial charge on any atom is -0.393 e. The maximum Gasteiger partial charge on any atom is 0.0705 e. The highest BCUT2D eigenvalue weighted by Gasteiger charge is 2.24. The summed E-state index contributed by atoms with van der Waals surface area (Å²) in [5.74, 6) is 0.769. The highest BCUT2D eigenvalue weighted by molar-refractivity contribution is 5.78. The van der Waals surface area contributed by atoms with E-state index in [4.69, 9.17) is 0 Å². The van der Waals surface area contributed by atoms with Gasteiger partial charge in [0.15, 0.2) is 0 Å². The van der Waals surface area contributed by atoms with Gasteiger partial charge in [0, 0.05) is 17.5 Å². The summed E-state index contributed by atoms with van der Waals surface area (Å²) in [5.41, 5.74) is 2.01. The predicted octanol–water partition coefficient (Wildman–Crippen LogP) is 2.94. The Balaban J connectivity index is 1.75. The van der Waals surface area contributed by atoms with E-state index >= 15 is 0 Å². The number of para-hydroxylation sites is 1. The standard InChI is InChI=1S/C15H17NO/c17-14(9-11-5-6-11)10-13-8-7-12-3-1-2-4-15(12)16-13/h1-4,7-8,11,14,17H,5-6,9-10H2. The summed E-state index contributed by atoms with van der Waals surface area (Å²) in [4.78, 5) is 4.58. The van der Waals surface area contributed by atoms with Crippen LogP contribution in [-0.4, -0.2) is 16.2 Å². The molecule has 2 aromatic rings. The lowest BCUT2D eigenvalue weighted by Gasteiger charge is -2.09. The summed E-state index contributed by atoms with van der Waals surface area (Å²) < 4.78 is 0. The van der Waals surface area contributed by atoms with Crippen LogP contribution in [0, 0.1) is 5.92 Å². The molecule has 0 bridgehead atoms. The van der Waals surface area contributed by atoms with Crippen molar-refractivity contribution in [3.63, 3.8) is 0 Å². The fraction of sp³-hybridized carbons (Fsp3) is 0.400. The summed E-state index contributed by atoms with van der Waals surface area (Å²) in [6, 6.07) is 12.2. The number of fused-ring (bicyclic) bond motifs is 1. The molecule has 1 fully saturated rings. The lowest BCUT2D eigenvalue weighted by molar-refractivity contribution is 0.157. The van der Waals surface area contributed by atoms with Gasteiger partial charge >= 0.3 is 0 Å². The van der Waals surface area contributed by atoms with E-state index < -0.39 is 0 Å². The average molecular weight is 227 g/mol. The van der Waals surface area contributed by atoms with Crippen LogP contribution in [0.15, 0.2) is 36.4 Å². The molecule has 2 nitrogen and oxygen atoms in total. The van der Waals surface area contributed by atoms with Crippen LogP contribution in [0.2, 0.25) is 0 Å². The Morgan fingerprint density at radius 1 is 1.18 bits per heavy atom. The summed E-state index contributed by atoms with van der Waals surface area (Å²) >= 11 is 0. The van der Waals surface area contributed by atoms with Crippen LogP contribution in [0.4, 0.5) is 0 Å². The van der Waals surface area contributed by atoms with Crippen LogP contribution >= 0.6 is 0 Å². The van der Waals surface area contributed by atoms with E-state index in [1.54, 1.807) is 0 Å². The van der Waals surface area contributed by atoms with Gasteiger partial charge in [0.2, 0.25) is 0 Å². The third-order valence-electron chi connectivity index (χ3n) is 3.40. The number of aliphatic hydroxyl groups excluding tert-OH is 1. The first-order chi connectivity index (χ1) is 8.31. The predicted molar refractivity (Wildman–Crippen MR) is 68.8 cm³/mol. The first-order valence-electron chi connectivity index (χ1n) is 6.34. The van der Waals surface area contributed by atoms with E-state index in [2.05, 4.69) is 17.1 Å². The van der Waals surface area contributed by atoms with Crippen LogP contribution < -0.4 is 0 Å². The van der Waals surface area contributed by atoms with Gasteiger partial charge in [0.25, 0.3) is 0 Å². The van der Waals surface area contributed by atoms with Crippen molar-refractivity contribution < 1.29 is 5.11 Å². The number of aromatic nitrogens is 1. The Bertz CT molecular complexity index is 519. The zero-order valence-electron chi connectivity index (χ0n) is 9.84. The third-order valence-corrected chi connectivity index (χ3v) is 3.40. The zero-order valence-corrected chi connectivity index (χ0v) is 9.84. The number of pyridine rings is 1. The minimum absolute atomic E-state index is 0.226. The second-order valence-electron chi connectivity index (χ2n) is 5.03. The van der Waals surface area contributed by atoms with Crippen molar-refractivity contribution >= 4 is 10.9 Å². The first kappa shape index (κ1) is 10.7. The van der Waals surface area contributed by atoms with Crippen molar-refractivity contribution in [1.29, 1.82) is 0 Å². The molecule has 1 atom stereocenters. The molecular weight excluding hydrogens is 210 g/mol. The molecular formula is C15H17NO. The van der Waals surface area contributed by atoms with Crippen LogP contribution in [0.25, 0.3) is 10.9 Å². The highest BCUT2D eigenvalue weighted by atomic mass is 16.3. The van der Waals surface area contributed by atoms with Gasteiger partial charge < -0.3 is 5.11 Å². The molecule has 1 unspecified atom stereocenters. The van der Waals surface area contributed by atoms with E-state index in [-0.39, 0.29) is 6.10 Å². The number of benzene rings is 1. The van der Waals surface area contributed by atoms with E-state index in [1.807, 2.05) is 24.3 Å². The molecule has 1 N–H and O–H groups in total. The third kappa shape index (κ3) is 2.64. The molecule has 88 valence electrons. The van der Waals surface area contributed by atoms with Crippen LogP contribution in [-0.2, 0) is 6.42 Å². The first-order valence-corrected chi connectivity index (χ1v) is 6.34. The van der Waals surface area contributed by atoms with Gasteiger partial charge in [-0.2, -0.15) is 0 Å². The molecule has 2 heteroatoms. The van der Waals surface area contributed by atoms with E-state index in [0.29, 0.717) is 6.42 Å². The van der Waals surface area contributed by atoms with Crippen LogP contribution in [0.3, 0.4) is 0 Å². The monoisotopic (exact) mass is 227 g/mol. The van der Waals surface area contributed by atoms with Crippen molar-refractivity contribution in [3.8, 4) is 0 Å². The van der Waals surface area contributed by atoms with Gasteiger partial charge in [0.1, 0.15) is 0 Å². The lowest BCUT2D eigenvalue weighted by atomic mass is 10.1. The number of hydrogen-bond acceptors (Lipinski definition) is 2. The Hall–Kier alpha value is -1.41. The van der Waals surface area contributed by atoms with E-state index in [1.165, 1.54) is 12.8 Å². The highest BCUT2D eigenvalue weighted by Crippen LogP contribution is 2.34. The van der Waals surface area contributed by atoms with Crippen molar-refractivity contribution in [2.75, 3.05) is 0 Å². The molecule has 1 heterocycles. The SMILES string of the molecule is OC(Cc1ccc2ccccc2n1)CC1CC1. The Labute approximate surface area is 101 Å². The fourth-order valence-corrected chi connectivity index (χ4v) is 2.28. The zero-order chi connectivity index (χ0) is 11.7. The molecule has 0 saturated heterocycles. The molecule has 3 rings (SSSR count). The van der Waals surface area contributed by atoms with Crippen LogP contribution in [0.1, 0.15) is 25.0 Å². The van der Waals surface area contributed by atoms with Gasteiger partial charge in [0.05, 0.1) is 11.6 Å². The van der Waals surface area contributed by atoms with Gasteiger partial charge in [-0.3, -0.25) is 4.98 Å². The topological polar surface area (TPSA) is 33.1 Å². The average Bonchev–Trinajstić information content (AvgIpc) is 3.12. The van der Waals surface area contributed by atoms with Crippen molar-refractivity contribution in [1.82, 2.24) is 4.98 Å². The van der Waals surface area contributed by atoms with Gasteiger partial charge in [-0.15, -0.1) is 0 Å². The second kappa shape index (κ2) is 4.46. The van der Waals surface area contributed by atoms with E-state index in [0.717, 1.165) is 28.9 Å². The normalized spacial score (nSPS) is 17.2. The number of hydrogen-bond donors (Lipinski definition) is 1. The van der Waals surface area contributed by atoms with Crippen molar-refractivity contribution in [2.45, 2.75) is 31.8 Å². The Morgan fingerprint density at radius 3 is 2.82 bits per heavy atom. The quantitative estimate of drug-likeness (QED) is 0.871. The minimum atomic E-state index is -0.226. The second-order valence-corrected chi connectivity index (χ2v) is 5.03. The molecule has 1 aromatic heterocycles. The molecule has 1 aliphatic rings. The maximum absolute atomic E-state index is 9.95. The molecule has 0 radical (unpaired) electrons. The Morgan fingerprint density at radius 2 is 2.00 bits per heavy atom. The smallest absolute Gasteiger partial charge is 0.0705 e. The van der Waals surface area contributed by atoms with Crippen molar-refractivity contribution in [3.05, 3.63) is 42.1 Å². The molecule has 17 heavy (non-hydrogen) atoms. The molecule has 1 saturated carbocycles. The Kier molecular flexibility index (Phi) is 2.81. The summed E-state index contributed by atoms with van der Waals surface area (Å²) in [6.45, 7) is 0. The largest absolute Gasteiger partial charge is 0.393 e. The molecule has 0 spiro atoms.